The van der Waals surface area contributed by atoms with Gasteiger partial charge in [-0.15, -0.1) is 0 Å². The third-order valence-electron chi connectivity index (χ3n) is 13.4. The molecule has 0 N–H and O–H groups in total. The van der Waals surface area contributed by atoms with Crippen LogP contribution >= 0.6 is 31.9 Å². The summed E-state index contributed by atoms with van der Waals surface area (Å²) < 4.78 is 2.00. The van der Waals surface area contributed by atoms with Gasteiger partial charge in [0.2, 0.25) is 0 Å². The zero-order chi connectivity index (χ0) is 49.2. The van der Waals surface area contributed by atoms with E-state index >= 15 is 0 Å². The van der Waals surface area contributed by atoms with Crippen molar-refractivity contribution >= 4 is 31.9 Å². The number of rotatable bonds is 10. The second kappa shape index (κ2) is 20.1. The summed E-state index contributed by atoms with van der Waals surface area (Å²) in [5.41, 5.74) is 23.0. The van der Waals surface area contributed by atoms with E-state index in [0.29, 0.717) is 0 Å². The summed E-state index contributed by atoms with van der Waals surface area (Å²) in [6.45, 7) is 6.75. The molecular formula is C67H49Br2N3. The highest BCUT2D eigenvalue weighted by molar-refractivity contribution is 9.11. The Morgan fingerprint density at radius 3 is 1.10 bits per heavy atom. The van der Waals surface area contributed by atoms with Gasteiger partial charge in [0.15, 0.2) is 0 Å². The molecule has 5 heteroatoms. The molecule has 3 heterocycles. The van der Waals surface area contributed by atoms with E-state index < -0.39 is 0 Å². The quantitative estimate of drug-likeness (QED) is 0.137. The third-order valence-corrected chi connectivity index (χ3v) is 14.7. The highest BCUT2D eigenvalue weighted by Crippen LogP contribution is 2.46. The Hall–Kier alpha value is -7.83. The maximum Gasteiger partial charge on any atom is 0.0705 e. The summed E-state index contributed by atoms with van der Waals surface area (Å²) in [4.78, 5) is 14.2. The normalized spacial score (nSPS) is 11.4. The number of benzene rings is 8. The molecule has 11 rings (SSSR count). The zero-order valence-corrected chi connectivity index (χ0v) is 43.4. The van der Waals surface area contributed by atoms with Gasteiger partial charge in [0.05, 0.1) is 17.1 Å². The summed E-state index contributed by atoms with van der Waals surface area (Å²) in [7, 11) is 0. The molecule has 0 bridgehead atoms. The summed E-state index contributed by atoms with van der Waals surface area (Å²) in [6, 6.07) is 80.5. The molecule has 0 spiro atoms. The second-order valence-electron chi connectivity index (χ2n) is 19.1. The highest BCUT2D eigenvalue weighted by Gasteiger charge is 2.21. The van der Waals surface area contributed by atoms with Crippen molar-refractivity contribution in [3.05, 3.63) is 258 Å². The minimum Gasteiger partial charge on any atom is -0.256 e. The molecule has 3 nitrogen and oxygen atoms in total. The molecule has 72 heavy (non-hydrogen) atoms. The molecule has 0 atom stereocenters. The van der Waals surface area contributed by atoms with Gasteiger partial charge in [0.1, 0.15) is 0 Å². The first kappa shape index (κ1) is 46.5. The molecule has 0 aliphatic rings. The average molecular weight is 1060 g/mol. The van der Waals surface area contributed by atoms with Crippen LogP contribution in [0.15, 0.2) is 252 Å². The molecule has 0 amide bonds. The van der Waals surface area contributed by atoms with Crippen molar-refractivity contribution in [2.75, 3.05) is 0 Å². The zero-order valence-electron chi connectivity index (χ0n) is 40.2. The van der Waals surface area contributed by atoms with Gasteiger partial charge in [0.25, 0.3) is 0 Å². The first-order valence-electron chi connectivity index (χ1n) is 24.2. The Kier molecular flexibility index (Phi) is 13.0. The average Bonchev–Trinajstić information content (AvgIpc) is 3.43. The fourth-order valence-electron chi connectivity index (χ4n) is 9.71. The first-order valence-corrected chi connectivity index (χ1v) is 25.8. The van der Waals surface area contributed by atoms with Crippen molar-refractivity contribution in [3.63, 3.8) is 0 Å². The van der Waals surface area contributed by atoms with Gasteiger partial charge in [-0.2, -0.15) is 0 Å². The van der Waals surface area contributed by atoms with Crippen LogP contribution in [0.1, 0.15) is 26.3 Å². The van der Waals surface area contributed by atoms with Crippen molar-refractivity contribution in [3.8, 4) is 112 Å². The number of pyridine rings is 3. The molecule has 0 aliphatic carbocycles. The Labute approximate surface area is 439 Å². The molecule has 0 radical (unpaired) electrons. The van der Waals surface area contributed by atoms with E-state index in [2.05, 4.69) is 251 Å². The molecule has 0 saturated carbocycles. The largest absolute Gasteiger partial charge is 0.256 e. The van der Waals surface area contributed by atoms with Gasteiger partial charge >= 0.3 is 0 Å². The van der Waals surface area contributed by atoms with Gasteiger partial charge in [-0.3, -0.25) is 15.0 Å². The SMILES string of the molecule is CC(C)(C)c1ccnc(-c2ccc(-c3ccccc3-c3cc(-c4ccccc4-c4ccc(-c5ccccn5)cc4Br)cc(-c4ccccc4-c4ccc(-c5ccccn5)cc4Br)c3)c(-c3ccccc3)c2)c1. The van der Waals surface area contributed by atoms with Crippen LogP contribution in [-0.2, 0) is 5.41 Å². The predicted molar refractivity (Wildman–Crippen MR) is 308 cm³/mol. The van der Waals surface area contributed by atoms with Crippen LogP contribution in [0, 0.1) is 0 Å². The summed E-state index contributed by atoms with van der Waals surface area (Å²) in [5, 5.41) is 0. The number of nitrogens with zero attached hydrogens (tertiary/aromatic N) is 3. The molecule has 0 aliphatic heterocycles. The summed E-state index contributed by atoms with van der Waals surface area (Å²) in [6.07, 6.45) is 5.62. The van der Waals surface area contributed by atoms with Gasteiger partial charge < -0.3 is 0 Å². The van der Waals surface area contributed by atoms with Gasteiger partial charge in [-0.1, -0.05) is 204 Å². The predicted octanol–water partition coefficient (Wildman–Crippen LogP) is 19.4. The van der Waals surface area contributed by atoms with E-state index in [1.54, 1.807) is 0 Å². The van der Waals surface area contributed by atoms with E-state index in [0.717, 1.165) is 121 Å². The van der Waals surface area contributed by atoms with Gasteiger partial charge in [-0.25, -0.2) is 0 Å². The lowest BCUT2D eigenvalue weighted by atomic mass is 9.84. The maximum absolute atomic E-state index is 4.90. The lowest BCUT2D eigenvalue weighted by molar-refractivity contribution is 0.589. The molecule has 11 aromatic rings. The molecule has 0 saturated heterocycles. The number of hydrogen-bond acceptors (Lipinski definition) is 3. The lowest BCUT2D eigenvalue weighted by Crippen LogP contribution is -2.11. The van der Waals surface area contributed by atoms with E-state index in [1.807, 2.05) is 55.0 Å². The Morgan fingerprint density at radius 1 is 0.264 bits per heavy atom. The first-order chi connectivity index (χ1) is 35.2. The lowest BCUT2D eigenvalue weighted by Gasteiger charge is -2.20. The molecule has 346 valence electrons. The fourth-order valence-corrected chi connectivity index (χ4v) is 10.9. The van der Waals surface area contributed by atoms with E-state index in [-0.39, 0.29) is 5.41 Å². The van der Waals surface area contributed by atoms with Crippen LogP contribution in [0.3, 0.4) is 0 Å². The maximum atomic E-state index is 4.90. The van der Waals surface area contributed by atoms with Crippen LogP contribution in [0.25, 0.3) is 112 Å². The van der Waals surface area contributed by atoms with E-state index in [1.165, 1.54) is 5.56 Å². The highest BCUT2D eigenvalue weighted by atomic mass is 79.9. The Balaban J connectivity index is 1.11. The van der Waals surface area contributed by atoms with E-state index in [9.17, 15) is 0 Å². The van der Waals surface area contributed by atoms with Crippen molar-refractivity contribution in [2.45, 2.75) is 26.2 Å². The molecular weight excluding hydrogens is 1010 g/mol. The van der Waals surface area contributed by atoms with Crippen molar-refractivity contribution in [1.82, 2.24) is 15.0 Å². The minimum absolute atomic E-state index is 0.00431. The third kappa shape index (κ3) is 9.54. The number of hydrogen-bond donors (Lipinski definition) is 0. The Morgan fingerprint density at radius 2 is 0.653 bits per heavy atom. The number of halogens is 2. The van der Waals surface area contributed by atoms with Crippen LogP contribution in [-0.4, -0.2) is 15.0 Å². The smallest absolute Gasteiger partial charge is 0.0705 e. The van der Waals surface area contributed by atoms with Crippen LogP contribution in [0.5, 0.6) is 0 Å². The van der Waals surface area contributed by atoms with Crippen molar-refractivity contribution in [1.29, 1.82) is 0 Å². The molecule has 0 unspecified atom stereocenters. The number of aromatic nitrogens is 3. The van der Waals surface area contributed by atoms with Crippen molar-refractivity contribution in [2.24, 2.45) is 0 Å². The topological polar surface area (TPSA) is 38.7 Å². The standard InChI is InChI=1S/C67H49Br2N3/c1-67(2,3)51-33-36-72-66(43-51)45-27-30-58(61(40-45)44-17-5-4-6-18-44)55-22-10-7-19-52(55)48-37-49(53-20-8-11-23-56(53)59-31-28-46(41-62(59)68)64-25-13-15-34-70-64)39-50(38-48)54-21-9-12-24-57(54)60-32-29-47(42-63(60)69)65-26-14-16-35-71-65/h4-43H,1-3H3. The molecule has 8 aromatic carbocycles. The Bertz CT molecular complexity index is 3600. The van der Waals surface area contributed by atoms with Crippen LogP contribution in [0.4, 0.5) is 0 Å². The van der Waals surface area contributed by atoms with Gasteiger partial charge in [0, 0.05) is 44.2 Å². The minimum atomic E-state index is -0.00431. The van der Waals surface area contributed by atoms with Gasteiger partial charge in [-0.05, 0) is 162 Å². The molecule has 0 fully saturated rings. The molecule has 3 aromatic heterocycles. The summed E-state index contributed by atoms with van der Waals surface area (Å²) >= 11 is 8.01. The second-order valence-corrected chi connectivity index (χ2v) is 20.8. The monoisotopic (exact) mass is 1050 g/mol. The van der Waals surface area contributed by atoms with Crippen LogP contribution < -0.4 is 0 Å². The van der Waals surface area contributed by atoms with E-state index in [4.69, 9.17) is 4.98 Å². The fraction of sp³-hybridized carbons (Fsp3) is 0.0597. The summed E-state index contributed by atoms with van der Waals surface area (Å²) in [5.74, 6) is 0. The van der Waals surface area contributed by atoms with Crippen LogP contribution in [0.2, 0.25) is 0 Å². The van der Waals surface area contributed by atoms with Crippen molar-refractivity contribution < 1.29 is 0 Å².